The van der Waals surface area contributed by atoms with Crippen LogP contribution in [0, 0.1) is 13.8 Å². The molecule has 31 heavy (non-hydrogen) atoms. The van der Waals surface area contributed by atoms with Gasteiger partial charge in [-0.05, 0) is 67.7 Å². The van der Waals surface area contributed by atoms with E-state index in [1.54, 1.807) is 0 Å². The van der Waals surface area contributed by atoms with Crippen LogP contribution in [0.4, 0.5) is 0 Å². The fraction of sp³-hybridized carbons (Fsp3) is 0.385. The number of likely N-dealkylation sites (N-methyl/N-ethyl adjacent to an activating group) is 1. The molecule has 0 spiro atoms. The van der Waals surface area contributed by atoms with Crippen LogP contribution in [0.1, 0.15) is 59.6 Å². The van der Waals surface area contributed by atoms with Crippen LogP contribution in [0.3, 0.4) is 0 Å². The molecule has 5 nitrogen and oxygen atoms in total. The number of nitrogens with zero attached hydrogens (tertiary/aromatic N) is 1. The zero-order valence-electron chi connectivity index (χ0n) is 19.5. The molecule has 1 atom stereocenters. The highest BCUT2D eigenvalue weighted by Crippen LogP contribution is 2.25. The molecule has 3 rings (SSSR count). The third-order valence-corrected chi connectivity index (χ3v) is 5.81. The SMILES string of the molecule is Cc1cc2oc(C(=O)NCC(c3ccc(C(C)(C)C)cc3)N(C)C)cc(=O)c2cc1C. The number of nitrogens with one attached hydrogen (secondary N) is 1. The van der Waals surface area contributed by atoms with Gasteiger partial charge in [0.15, 0.2) is 11.2 Å². The zero-order valence-corrected chi connectivity index (χ0v) is 19.5. The number of amides is 1. The Bertz CT molecular complexity index is 1150. The largest absolute Gasteiger partial charge is 0.451 e. The molecule has 0 bridgehead atoms. The minimum Gasteiger partial charge on any atom is -0.451 e. The van der Waals surface area contributed by atoms with E-state index in [0.29, 0.717) is 17.5 Å². The summed E-state index contributed by atoms with van der Waals surface area (Å²) in [7, 11) is 3.96. The highest BCUT2D eigenvalue weighted by atomic mass is 16.3. The van der Waals surface area contributed by atoms with Crippen molar-refractivity contribution in [1.82, 2.24) is 10.2 Å². The van der Waals surface area contributed by atoms with E-state index < -0.39 is 5.91 Å². The second kappa shape index (κ2) is 8.67. The van der Waals surface area contributed by atoms with Crippen molar-refractivity contribution in [2.24, 2.45) is 0 Å². The smallest absolute Gasteiger partial charge is 0.287 e. The van der Waals surface area contributed by atoms with E-state index in [9.17, 15) is 9.59 Å². The lowest BCUT2D eigenvalue weighted by Gasteiger charge is -2.26. The summed E-state index contributed by atoms with van der Waals surface area (Å²) < 4.78 is 5.77. The topological polar surface area (TPSA) is 62.6 Å². The monoisotopic (exact) mass is 420 g/mol. The van der Waals surface area contributed by atoms with Gasteiger partial charge in [0.2, 0.25) is 0 Å². The maximum Gasteiger partial charge on any atom is 0.287 e. The number of carbonyl (C=O) groups is 1. The van der Waals surface area contributed by atoms with E-state index in [-0.39, 0.29) is 22.6 Å². The molecule has 1 aromatic heterocycles. The minimum atomic E-state index is -0.393. The summed E-state index contributed by atoms with van der Waals surface area (Å²) in [5, 5.41) is 3.42. The highest BCUT2D eigenvalue weighted by Gasteiger charge is 2.20. The van der Waals surface area contributed by atoms with E-state index in [1.807, 2.05) is 40.1 Å². The Hall–Kier alpha value is -2.92. The van der Waals surface area contributed by atoms with Gasteiger partial charge in [0.05, 0.1) is 11.4 Å². The summed E-state index contributed by atoms with van der Waals surface area (Å²) >= 11 is 0. The molecule has 0 aliphatic rings. The molecule has 0 aliphatic carbocycles. The molecule has 0 aliphatic heterocycles. The first-order valence-corrected chi connectivity index (χ1v) is 10.6. The standard InChI is InChI=1S/C26H32N2O3/c1-16-12-20-22(29)14-24(31-23(20)13-17(16)2)25(30)27-15-21(28(6)7)18-8-10-19(11-9-18)26(3,4)5/h8-14,21H,15H2,1-7H3,(H,27,30). The van der Waals surface area contributed by atoms with Crippen LogP contribution in [-0.2, 0) is 5.41 Å². The average molecular weight is 421 g/mol. The number of rotatable bonds is 5. The molecule has 2 aromatic carbocycles. The van der Waals surface area contributed by atoms with Crippen molar-refractivity contribution in [3.05, 3.63) is 80.7 Å². The van der Waals surface area contributed by atoms with Crippen molar-refractivity contribution >= 4 is 16.9 Å². The van der Waals surface area contributed by atoms with Crippen LogP contribution in [0.25, 0.3) is 11.0 Å². The van der Waals surface area contributed by atoms with Gasteiger partial charge in [0.1, 0.15) is 5.58 Å². The Balaban J connectivity index is 1.80. The Morgan fingerprint density at radius 3 is 2.23 bits per heavy atom. The number of carbonyl (C=O) groups excluding carboxylic acids is 1. The predicted molar refractivity (Wildman–Crippen MR) is 126 cm³/mol. The van der Waals surface area contributed by atoms with Crippen LogP contribution in [0.15, 0.2) is 51.7 Å². The average Bonchev–Trinajstić information content (AvgIpc) is 2.69. The summed E-state index contributed by atoms with van der Waals surface area (Å²) in [5.41, 5.74) is 4.72. The lowest BCUT2D eigenvalue weighted by Crippen LogP contribution is -2.34. The molecule has 1 heterocycles. The van der Waals surface area contributed by atoms with E-state index in [1.165, 1.54) is 11.6 Å². The molecule has 0 saturated heterocycles. The Morgan fingerprint density at radius 1 is 1.03 bits per heavy atom. The summed E-state index contributed by atoms with van der Waals surface area (Å²) in [5.74, 6) is -0.364. The Kier molecular flexibility index (Phi) is 6.37. The zero-order chi connectivity index (χ0) is 22.9. The van der Waals surface area contributed by atoms with E-state index in [0.717, 1.165) is 16.7 Å². The molecule has 1 amide bonds. The fourth-order valence-electron chi connectivity index (χ4n) is 3.60. The Labute approximate surface area is 184 Å². The van der Waals surface area contributed by atoms with Gasteiger partial charge in [-0.15, -0.1) is 0 Å². The molecule has 0 radical (unpaired) electrons. The molecule has 5 heteroatoms. The van der Waals surface area contributed by atoms with Crippen molar-refractivity contribution in [3.63, 3.8) is 0 Å². The van der Waals surface area contributed by atoms with Crippen molar-refractivity contribution in [1.29, 1.82) is 0 Å². The maximum absolute atomic E-state index is 12.8. The van der Waals surface area contributed by atoms with Crippen LogP contribution < -0.4 is 10.7 Å². The van der Waals surface area contributed by atoms with E-state index in [4.69, 9.17) is 4.42 Å². The van der Waals surface area contributed by atoms with Gasteiger partial charge in [0, 0.05) is 12.6 Å². The van der Waals surface area contributed by atoms with Crippen molar-refractivity contribution in [2.75, 3.05) is 20.6 Å². The molecule has 1 unspecified atom stereocenters. The van der Waals surface area contributed by atoms with Gasteiger partial charge in [-0.1, -0.05) is 45.0 Å². The quantitative estimate of drug-likeness (QED) is 0.648. The minimum absolute atomic E-state index is 0.00459. The third kappa shape index (κ3) is 5.05. The first-order valence-electron chi connectivity index (χ1n) is 10.6. The molecule has 1 N–H and O–H groups in total. The maximum atomic E-state index is 12.8. The molecular weight excluding hydrogens is 388 g/mol. The number of hydrogen-bond donors (Lipinski definition) is 1. The Morgan fingerprint density at radius 2 is 1.65 bits per heavy atom. The number of benzene rings is 2. The van der Waals surface area contributed by atoms with Crippen LogP contribution in [0.2, 0.25) is 0 Å². The van der Waals surface area contributed by atoms with Crippen molar-refractivity contribution < 1.29 is 9.21 Å². The fourth-order valence-corrected chi connectivity index (χ4v) is 3.60. The van der Waals surface area contributed by atoms with Gasteiger partial charge >= 0.3 is 0 Å². The summed E-state index contributed by atoms with van der Waals surface area (Å²) in [6, 6.07) is 13.4. The number of hydrogen-bond acceptors (Lipinski definition) is 4. The second-order valence-corrected chi connectivity index (χ2v) is 9.47. The lowest BCUT2D eigenvalue weighted by atomic mass is 9.86. The van der Waals surface area contributed by atoms with Crippen LogP contribution in [-0.4, -0.2) is 31.4 Å². The van der Waals surface area contributed by atoms with Gasteiger partial charge < -0.3 is 14.6 Å². The molecular formula is C26H32N2O3. The third-order valence-electron chi connectivity index (χ3n) is 5.81. The van der Waals surface area contributed by atoms with Crippen molar-refractivity contribution in [3.8, 4) is 0 Å². The van der Waals surface area contributed by atoms with E-state index in [2.05, 4.69) is 55.3 Å². The van der Waals surface area contributed by atoms with Gasteiger partial charge in [-0.2, -0.15) is 0 Å². The second-order valence-electron chi connectivity index (χ2n) is 9.47. The van der Waals surface area contributed by atoms with Crippen LogP contribution in [0.5, 0.6) is 0 Å². The number of aryl methyl sites for hydroxylation is 2. The van der Waals surface area contributed by atoms with Crippen molar-refractivity contribution in [2.45, 2.75) is 46.1 Å². The molecule has 164 valence electrons. The molecule has 0 fully saturated rings. The summed E-state index contributed by atoms with van der Waals surface area (Å²) in [6.45, 7) is 10.9. The first-order chi connectivity index (χ1) is 14.5. The van der Waals surface area contributed by atoms with E-state index >= 15 is 0 Å². The number of fused-ring (bicyclic) bond motifs is 1. The summed E-state index contributed by atoms with van der Waals surface area (Å²) in [4.78, 5) is 27.3. The first kappa shape index (κ1) is 22.8. The normalized spacial score (nSPS) is 12.9. The predicted octanol–water partition coefficient (Wildman–Crippen LogP) is 4.74. The summed E-state index contributed by atoms with van der Waals surface area (Å²) in [6.07, 6.45) is 0. The molecule has 3 aromatic rings. The van der Waals surface area contributed by atoms with Gasteiger partial charge in [-0.3, -0.25) is 9.59 Å². The highest BCUT2D eigenvalue weighted by molar-refractivity contribution is 5.93. The molecule has 0 saturated carbocycles. The van der Waals surface area contributed by atoms with Gasteiger partial charge in [-0.25, -0.2) is 0 Å². The van der Waals surface area contributed by atoms with Gasteiger partial charge in [0.25, 0.3) is 5.91 Å². The lowest BCUT2D eigenvalue weighted by molar-refractivity contribution is 0.0914. The van der Waals surface area contributed by atoms with Crippen LogP contribution >= 0.6 is 0 Å².